The van der Waals surface area contributed by atoms with Gasteiger partial charge in [0.05, 0.1) is 23.0 Å². The molecule has 5 nitrogen and oxygen atoms in total. The Balaban J connectivity index is 1.32. The van der Waals surface area contributed by atoms with Gasteiger partial charge in [-0.05, 0) is 60.6 Å². The third-order valence-corrected chi connectivity index (χ3v) is 6.93. The molecule has 1 saturated heterocycles. The van der Waals surface area contributed by atoms with Crippen molar-refractivity contribution in [3.8, 4) is 22.4 Å². The van der Waals surface area contributed by atoms with E-state index in [1.165, 1.54) is 18.0 Å². The molecule has 4 heterocycles. The smallest absolute Gasteiger partial charge is 0.369 e. The summed E-state index contributed by atoms with van der Waals surface area (Å²) < 4.78 is 41.4. The Labute approximate surface area is 206 Å². The van der Waals surface area contributed by atoms with Crippen LogP contribution in [0.4, 0.5) is 18.9 Å². The first-order valence-electron chi connectivity index (χ1n) is 11.8. The fourth-order valence-corrected chi connectivity index (χ4v) is 4.84. The van der Waals surface area contributed by atoms with Crippen LogP contribution in [0.5, 0.6) is 0 Å². The minimum atomic E-state index is -4.41. The first kappa shape index (κ1) is 22.5. The van der Waals surface area contributed by atoms with Crippen LogP contribution in [-0.2, 0) is 6.18 Å². The van der Waals surface area contributed by atoms with Gasteiger partial charge in [0.2, 0.25) is 0 Å². The molecule has 3 aromatic heterocycles. The highest BCUT2D eigenvalue weighted by Gasteiger charge is 2.30. The van der Waals surface area contributed by atoms with Crippen LogP contribution in [0.2, 0.25) is 0 Å². The number of nitrogens with zero attached hydrogens (tertiary/aromatic N) is 5. The molecule has 0 radical (unpaired) electrons. The second kappa shape index (κ2) is 8.64. The summed E-state index contributed by atoms with van der Waals surface area (Å²) in [5.74, 6) is 0. The van der Waals surface area contributed by atoms with Gasteiger partial charge in [0.1, 0.15) is 5.65 Å². The lowest BCUT2D eigenvalue weighted by Gasteiger charge is -2.34. The molecule has 0 unspecified atom stereocenters. The van der Waals surface area contributed by atoms with Gasteiger partial charge < -0.3 is 9.80 Å². The number of alkyl halides is 3. The van der Waals surface area contributed by atoms with Crippen molar-refractivity contribution in [1.29, 1.82) is 0 Å². The predicted molar refractivity (Wildman–Crippen MR) is 136 cm³/mol. The first-order chi connectivity index (χ1) is 17.4. The molecule has 1 aliphatic heterocycles. The molecule has 0 atom stereocenters. The number of hydrogen-bond donors (Lipinski definition) is 0. The number of piperazine rings is 1. The zero-order valence-corrected chi connectivity index (χ0v) is 19.7. The molecule has 2 aromatic carbocycles. The predicted octanol–water partition coefficient (Wildman–Crippen LogP) is 5.99. The summed E-state index contributed by atoms with van der Waals surface area (Å²) in [7, 11) is 2.15. The lowest BCUT2D eigenvalue weighted by atomic mass is 10.0. The van der Waals surface area contributed by atoms with Crippen molar-refractivity contribution < 1.29 is 13.2 Å². The van der Waals surface area contributed by atoms with Gasteiger partial charge in [0.15, 0.2) is 0 Å². The van der Waals surface area contributed by atoms with E-state index in [1.807, 2.05) is 28.8 Å². The molecule has 6 rings (SSSR count). The van der Waals surface area contributed by atoms with Crippen molar-refractivity contribution in [3.63, 3.8) is 0 Å². The molecule has 182 valence electrons. The highest BCUT2D eigenvalue weighted by Crippen LogP contribution is 2.34. The molecule has 36 heavy (non-hydrogen) atoms. The topological polar surface area (TPSA) is 36.7 Å². The van der Waals surface area contributed by atoms with Crippen LogP contribution in [0.3, 0.4) is 0 Å². The quantitative estimate of drug-likeness (QED) is 0.313. The molecule has 8 heteroatoms. The molecule has 0 amide bonds. The third-order valence-electron chi connectivity index (χ3n) is 6.93. The summed E-state index contributed by atoms with van der Waals surface area (Å²) in [6, 6.07) is 18.1. The molecular formula is C28H24F3N5. The number of benzene rings is 2. The summed E-state index contributed by atoms with van der Waals surface area (Å²) in [5, 5.41) is 0.649. The van der Waals surface area contributed by atoms with Crippen molar-refractivity contribution in [2.24, 2.45) is 0 Å². The van der Waals surface area contributed by atoms with E-state index in [0.717, 1.165) is 66.3 Å². The Morgan fingerprint density at radius 2 is 1.58 bits per heavy atom. The maximum absolute atomic E-state index is 13.2. The Morgan fingerprint density at radius 3 is 2.33 bits per heavy atom. The number of anilines is 1. The Morgan fingerprint density at radius 1 is 0.806 bits per heavy atom. The average Bonchev–Trinajstić information content (AvgIpc) is 3.31. The van der Waals surface area contributed by atoms with Crippen molar-refractivity contribution in [2.45, 2.75) is 6.18 Å². The van der Waals surface area contributed by atoms with Crippen LogP contribution in [-0.4, -0.2) is 52.5 Å². The van der Waals surface area contributed by atoms with Crippen LogP contribution in [0.25, 0.3) is 38.9 Å². The van der Waals surface area contributed by atoms with Crippen molar-refractivity contribution >= 4 is 22.2 Å². The molecule has 1 fully saturated rings. The Hall–Kier alpha value is -3.91. The van der Waals surface area contributed by atoms with Crippen LogP contribution < -0.4 is 4.90 Å². The van der Waals surface area contributed by atoms with E-state index in [2.05, 4.69) is 51.1 Å². The summed E-state index contributed by atoms with van der Waals surface area (Å²) in [6.07, 6.45) is 0.835. The zero-order valence-electron chi connectivity index (χ0n) is 19.7. The SMILES string of the molecule is CN1CCN(c2ccc(-c3ccn4c(-c5ccnc6cc(C(F)(F)F)ccc56)cnc4c3)cc2)CC1. The summed E-state index contributed by atoms with van der Waals surface area (Å²) in [6.45, 7) is 4.19. The van der Waals surface area contributed by atoms with Crippen LogP contribution in [0, 0.1) is 0 Å². The van der Waals surface area contributed by atoms with Gasteiger partial charge >= 0.3 is 6.18 Å². The van der Waals surface area contributed by atoms with E-state index in [0.29, 0.717) is 10.9 Å². The minimum absolute atomic E-state index is 0.300. The maximum atomic E-state index is 13.2. The summed E-state index contributed by atoms with van der Waals surface area (Å²) in [4.78, 5) is 13.5. The third kappa shape index (κ3) is 4.07. The van der Waals surface area contributed by atoms with Crippen LogP contribution in [0.15, 0.2) is 79.3 Å². The molecule has 5 aromatic rings. The van der Waals surface area contributed by atoms with E-state index in [1.54, 1.807) is 6.20 Å². The fourth-order valence-electron chi connectivity index (χ4n) is 4.84. The number of rotatable bonds is 3. The highest BCUT2D eigenvalue weighted by atomic mass is 19.4. The average molecular weight is 488 g/mol. The van der Waals surface area contributed by atoms with E-state index >= 15 is 0 Å². The van der Waals surface area contributed by atoms with Crippen molar-refractivity contribution in [3.05, 3.63) is 84.8 Å². The lowest BCUT2D eigenvalue weighted by Crippen LogP contribution is -2.44. The normalized spacial score (nSPS) is 15.2. The molecule has 0 saturated carbocycles. The molecule has 1 aliphatic rings. The van der Waals surface area contributed by atoms with Gasteiger partial charge in [-0.15, -0.1) is 0 Å². The number of halogens is 3. The van der Waals surface area contributed by atoms with Gasteiger partial charge in [-0.3, -0.25) is 9.38 Å². The molecule has 0 spiro atoms. The molecule has 0 aliphatic carbocycles. The van der Waals surface area contributed by atoms with Gasteiger partial charge in [-0.2, -0.15) is 13.2 Å². The Bertz CT molecular complexity index is 1550. The van der Waals surface area contributed by atoms with E-state index < -0.39 is 11.7 Å². The van der Waals surface area contributed by atoms with Gasteiger partial charge in [-0.25, -0.2) is 4.98 Å². The van der Waals surface area contributed by atoms with Crippen LogP contribution >= 0.6 is 0 Å². The van der Waals surface area contributed by atoms with Crippen molar-refractivity contribution in [2.75, 3.05) is 38.1 Å². The van der Waals surface area contributed by atoms with Gasteiger partial charge in [0, 0.05) is 55.2 Å². The van der Waals surface area contributed by atoms with Gasteiger partial charge in [-0.1, -0.05) is 18.2 Å². The van der Waals surface area contributed by atoms with E-state index in [9.17, 15) is 13.2 Å². The number of imidazole rings is 1. The zero-order chi connectivity index (χ0) is 24.9. The second-order valence-corrected chi connectivity index (χ2v) is 9.21. The number of pyridine rings is 2. The van der Waals surface area contributed by atoms with E-state index in [4.69, 9.17) is 0 Å². The summed E-state index contributed by atoms with van der Waals surface area (Å²) in [5.41, 5.74) is 5.33. The lowest BCUT2D eigenvalue weighted by molar-refractivity contribution is -0.137. The maximum Gasteiger partial charge on any atom is 0.416 e. The fraction of sp³-hybridized carbons (Fsp3) is 0.214. The van der Waals surface area contributed by atoms with Gasteiger partial charge in [0.25, 0.3) is 0 Å². The Kier molecular flexibility index (Phi) is 5.41. The second-order valence-electron chi connectivity index (χ2n) is 9.21. The van der Waals surface area contributed by atoms with Crippen LogP contribution in [0.1, 0.15) is 5.56 Å². The minimum Gasteiger partial charge on any atom is -0.369 e. The molecule has 0 N–H and O–H groups in total. The number of hydrogen-bond acceptors (Lipinski definition) is 4. The number of likely N-dealkylation sites (N-methyl/N-ethyl adjacent to an activating group) is 1. The standard InChI is InChI=1S/C28H24F3N5/c1-34-12-14-35(15-13-34)22-5-2-19(3-6-22)20-9-11-36-26(18-33-27(36)16-20)24-8-10-32-25-17-21(28(29,30)31)4-7-23(24)25/h2-11,16-18H,12-15H2,1H3. The van der Waals surface area contributed by atoms with E-state index in [-0.39, 0.29) is 0 Å². The first-order valence-corrected chi connectivity index (χ1v) is 11.8. The monoisotopic (exact) mass is 487 g/mol. The molecular weight excluding hydrogens is 463 g/mol. The molecule has 0 bridgehead atoms. The summed E-state index contributed by atoms with van der Waals surface area (Å²) >= 11 is 0. The van der Waals surface area contributed by atoms with Crippen molar-refractivity contribution in [1.82, 2.24) is 19.3 Å². The number of fused-ring (bicyclic) bond motifs is 2. The largest absolute Gasteiger partial charge is 0.416 e. The highest BCUT2D eigenvalue weighted by molar-refractivity contribution is 5.94. The number of aromatic nitrogens is 3.